The number of benzene rings is 2. The summed E-state index contributed by atoms with van der Waals surface area (Å²) in [5.74, 6) is 1.56. The van der Waals surface area contributed by atoms with Gasteiger partial charge in [0, 0.05) is 6.04 Å². The molecule has 0 saturated heterocycles. The molecule has 2 aromatic carbocycles. The molecule has 0 saturated carbocycles. The fourth-order valence-corrected chi connectivity index (χ4v) is 2.81. The number of para-hydroxylation sites is 1. The predicted octanol–water partition coefficient (Wildman–Crippen LogP) is 3.35. The van der Waals surface area contributed by atoms with Crippen LogP contribution < -0.4 is 14.8 Å². The molecule has 130 valence electrons. The average Bonchev–Trinajstić information content (AvgIpc) is 2.64. The van der Waals surface area contributed by atoms with Crippen molar-refractivity contribution >= 4 is 0 Å². The highest BCUT2D eigenvalue weighted by Gasteiger charge is 2.15. The molecule has 2 unspecified atom stereocenters. The van der Waals surface area contributed by atoms with Crippen LogP contribution in [0.15, 0.2) is 48.5 Å². The molecule has 0 heterocycles. The minimum Gasteiger partial charge on any atom is -0.493 e. The Bertz CT molecular complexity index is 616. The number of nitrogens with one attached hydrogen (secondary N) is 1. The first-order valence-corrected chi connectivity index (χ1v) is 8.33. The molecule has 0 bridgehead atoms. The van der Waals surface area contributed by atoms with Crippen LogP contribution in [-0.2, 0) is 6.42 Å². The molecule has 2 N–H and O–H groups in total. The van der Waals surface area contributed by atoms with Crippen LogP contribution in [0.4, 0.5) is 0 Å². The van der Waals surface area contributed by atoms with Gasteiger partial charge < -0.3 is 19.9 Å². The first-order chi connectivity index (χ1) is 11.7. The van der Waals surface area contributed by atoms with Crippen molar-refractivity contribution < 1.29 is 14.6 Å². The summed E-state index contributed by atoms with van der Waals surface area (Å²) in [5, 5.41) is 13.8. The molecule has 2 aromatic rings. The molecule has 0 aliphatic heterocycles. The number of methoxy groups -OCH3 is 2. The van der Waals surface area contributed by atoms with Gasteiger partial charge >= 0.3 is 0 Å². The van der Waals surface area contributed by atoms with Crippen molar-refractivity contribution in [2.45, 2.75) is 31.9 Å². The van der Waals surface area contributed by atoms with Gasteiger partial charge in [-0.15, -0.1) is 0 Å². The zero-order valence-corrected chi connectivity index (χ0v) is 14.7. The van der Waals surface area contributed by atoms with Gasteiger partial charge in [-0.25, -0.2) is 0 Å². The Morgan fingerprint density at radius 2 is 1.75 bits per heavy atom. The molecule has 4 nitrogen and oxygen atoms in total. The van der Waals surface area contributed by atoms with Crippen LogP contribution in [0, 0.1) is 0 Å². The highest BCUT2D eigenvalue weighted by Crippen LogP contribution is 2.31. The molecule has 4 heteroatoms. The molecule has 24 heavy (non-hydrogen) atoms. The molecule has 2 atom stereocenters. The van der Waals surface area contributed by atoms with E-state index in [-0.39, 0.29) is 6.04 Å². The van der Waals surface area contributed by atoms with Crippen LogP contribution in [0.2, 0.25) is 0 Å². The standard InChI is InChI=1S/C20H27NO3/c1-15(19(22)16-9-5-4-6-10-16)21-14-8-12-17-11-7-13-18(23-2)20(17)24-3/h4-7,9-11,13,15,19,21-22H,8,12,14H2,1-3H3. The molecule has 0 spiro atoms. The summed E-state index contributed by atoms with van der Waals surface area (Å²) in [4.78, 5) is 0. The van der Waals surface area contributed by atoms with Crippen molar-refractivity contribution in [1.82, 2.24) is 5.32 Å². The fraction of sp³-hybridized carbons (Fsp3) is 0.400. The van der Waals surface area contributed by atoms with Gasteiger partial charge in [0.05, 0.1) is 20.3 Å². The van der Waals surface area contributed by atoms with E-state index in [1.54, 1.807) is 14.2 Å². The summed E-state index contributed by atoms with van der Waals surface area (Å²) in [5.41, 5.74) is 2.07. The maximum atomic E-state index is 10.4. The largest absolute Gasteiger partial charge is 0.493 e. The Hall–Kier alpha value is -2.04. The molecule has 0 fully saturated rings. The summed E-state index contributed by atoms with van der Waals surface area (Å²) in [6.45, 7) is 2.83. The summed E-state index contributed by atoms with van der Waals surface area (Å²) in [6, 6.07) is 15.7. The molecule has 0 amide bonds. The van der Waals surface area contributed by atoms with Gasteiger partial charge in [-0.3, -0.25) is 0 Å². The highest BCUT2D eigenvalue weighted by atomic mass is 16.5. The van der Waals surface area contributed by atoms with Gasteiger partial charge in [0.15, 0.2) is 11.5 Å². The van der Waals surface area contributed by atoms with Crippen LogP contribution in [0.3, 0.4) is 0 Å². The zero-order valence-electron chi connectivity index (χ0n) is 14.7. The SMILES string of the molecule is COc1cccc(CCCNC(C)C(O)c2ccccc2)c1OC. The van der Waals surface area contributed by atoms with Crippen LogP contribution in [0.25, 0.3) is 0 Å². The predicted molar refractivity (Wildman–Crippen MR) is 96.7 cm³/mol. The van der Waals surface area contributed by atoms with E-state index >= 15 is 0 Å². The summed E-state index contributed by atoms with van der Waals surface area (Å²) in [7, 11) is 3.31. The van der Waals surface area contributed by atoms with E-state index in [0.717, 1.165) is 42.0 Å². The first kappa shape index (κ1) is 18.3. The Morgan fingerprint density at radius 1 is 1.00 bits per heavy atom. The number of aryl methyl sites for hydroxylation is 1. The van der Waals surface area contributed by atoms with Crippen LogP contribution in [-0.4, -0.2) is 31.9 Å². The Labute approximate surface area is 144 Å². The lowest BCUT2D eigenvalue weighted by molar-refractivity contribution is 0.136. The summed E-state index contributed by atoms with van der Waals surface area (Å²) >= 11 is 0. The number of hydrogen-bond acceptors (Lipinski definition) is 4. The van der Waals surface area contributed by atoms with Crippen molar-refractivity contribution in [3.8, 4) is 11.5 Å². The van der Waals surface area contributed by atoms with E-state index in [4.69, 9.17) is 9.47 Å². The third-order valence-corrected chi connectivity index (χ3v) is 4.19. The quantitative estimate of drug-likeness (QED) is 0.693. The Balaban J connectivity index is 1.83. The second kappa shape index (κ2) is 9.30. The normalized spacial score (nSPS) is 13.3. The zero-order chi connectivity index (χ0) is 17.4. The topological polar surface area (TPSA) is 50.7 Å². The number of ether oxygens (including phenoxy) is 2. The van der Waals surface area contributed by atoms with E-state index in [1.807, 2.05) is 49.4 Å². The third kappa shape index (κ3) is 4.73. The number of hydrogen-bond donors (Lipinski definition) is 2. The van der Waals surface area contributed by atoms with E-state index in [0.29, 0.717) is 0 Å². The smallest absolute Gasteiger partial charge is 0.163 e. The number of aliphatic hydroxyl groups is 1. The highest BCUT2D eigenvalue weighted by molar-refractivity contribution is 5.46. The van der Waals surface area contributed by atoms with Gasteiger partial charge in [0.25, 0.3) is 0 Å². The monoisotopic (exact) mass is 329 g/mol. The summed E-state index contributed by atoms with van der Waals surface area (Å²) < 4.78 is 10.8. The van der Waals surface area contributed by atoms with Crippen LogP contribution in [0.1, 0.15) is 30.6 Å². The second-order valence-corrected chi connectivity index (χ2v) is 5.85. The fourth-order valence-electron chi connectivity index (χ4n) is 2.81. The Kier molecular flexibility index (Phi) is 7.09. The maximum Gasteiger partial charge on any atom is 0.163 e. The minimum atomic E-state index is -0.502. The molecule has 0 aliphatic rings. The van der Waals surface area contributed by atoms with E-state index < -0.39 is 6.10 Å². The van der Waals surface area contributed by atoms with E-state index in [1.165, 1.54) is 0 Å². The lowest BCUT2D eigenvalue weighted by Gasteiger charge is -2.21. The van der Waals surface area contributed by atoms with Crippen molar-refractivity contribution in [1.29, 1.82) is 0 Å². The maximum absolute atomic E-state index is 10.4. The third-order valence-electron chi connectivity index (χ3n) is 4.19. The van der Waals surface area contributed by atoms with E-state index in [2.05, 4.69) is 11.4 Å². The van der Waals surface area contributed by atoms with Crippen molar-refractivity contribution in [3.63, 3.8) is 0 Å². The second-order valence-electron chi connectivity index (χ2n) is 5.85. The molecule has 0 aromatic heterocycles. The first-order valence-electron chi connectivity index (χ1n) is 8.33. The van der Waals surface area contributed by atoms with Crippen LogP contribution in [0.5, 0.6) is 11.5 Å². The van der Waals surface area contributed by atoms with Gasteiger partial charge in [-0.05, 0) is 43.5 Å². The molecule has 0 radical (unpaired) electrons. The molecule has 0 aliphatic carbocycles. The van der Waals surface area contributed by atoms with Gasteiger partial charge in [-0.1, -0.05) is 42.5 Å². The van der Waals surface area contributed by atoms with Crippen molar-refractivity contribution in [3.05, 3.63) is 59.7 Å². The average molecular weight is 329 g/mol. The lowest BCUT2D eigenvalue weighted by Crippen LogP contribution is -2.33. The van der Waals surface area contributed by atoms with Gasteiger partial charge in [-0.2, -0.15) is 0 Å². The van der Waals surface area contributed by atoms with Crippen molar-refractivity contribution in [2.75, 3.05) is 20.8 Å². The number of rotatable bonds is 9. The Morgan fingerprint density at radius 3 is 2.42 bits per heavy atom. The number of aliphatic hydroxyl groups excluding tert-OH is 1. The molecular formula is C20H27NO3. The van der Waals surface area contributed by atoms with Crippen LogP contribution >= 0.6 is 0 Å². The molecule has 2 rings (SSSR count). The van der Waals surface area contributed by atoms with Gasteiger partial charge in [0.2, 0.25) is 0 Å². The van der Waals surface area contributed by atoms with E-state index in [9.17, 15) is 5.11 Å². The molecular weight excluding hydrogens is 302 g/mol. The summed E-state index contributed by atoms with van der Waals surface area (Å²) in [6.07, 6.45) is 1.34. The van der Waals surface area contributed by atoms with Gasteiger partial charge in [0.1, 0.15) is 0 Å². The lowest BCUT2D eigenvalue weighted by atomic mass is 10.0. The minimum absolute atomic E-state index is 0.000366. The van der Waals surface area contributed by atoms with Crippen molar-refractivity contribution in [2.24, 2.45) is 0 Å².